The van der Waals surface area contributed by atoms with Gasteiger partial charge in [-0.15, -0.1) is 0 Å². The van der Waals surface area contributed by atoms with Crippen molar-refractivity contribution in [3.8, 4) is 0 Å². The van der Waals surface area contributed by atoms with E-state index >= 15 is 0 Å². The highest BCUT2D eigenvalue weighted by molar-refractivity contribution is 6.00. The molecule has 12 heteroatoms. The van der Waals surface area contributed by atoms with Gasteiger partial charge in [0.2, 0.25) is 0 Å². The Morgan fingerprint density at radius 1 is 1.38 bits per heavy atom. The molecular formula is C14H20F3N5O4. The van der Waals surface area contributed by atoms with E-state index in [4.69, 9.17) is 9.90 Å². The molecule has 3 rings (SSSR count). The van der Waals surface area contributed by atoms with Crippen molar-refractivity contribution in [2.45, 2.75) is 24.6 Å². The molecule has 0 bridgehead atoms. The van der Waals surface area contributed by atoms with Gasteiger partial charge < -0.3 is 25.3 Å². The summed E-state index contributed by atoms with van der Waals surface area (Å²) in [5.74, 6) is -2.07. The molecule has 1 saturated heterocycles. The van der Waals surface area contributed by atoms with Gasteiger partial charge in [0.1, 0.15) is 11.4 Å². The number of aliphatic hydroxyl groups is 1. The number of H-pyrrole nitrogens is 1. The zero-order valence-corrected chi connectivity index (χ0v) is 14.0. The molecule has 0 saturated carbocycles. The fourth-order valence-corrected chi connectivity index (χ4v) is 2.82. The van der Waals surface area contributed by atoms with E-state index in [0.29, 0.717) is 31.6 Å². The first kappa shape index (κ1) is 20.0. The highest BCUT2D eigenvalue weighted by Crippen LogP contribution is 2.26. The number of alkyl halides is 3. The van der Waals surface area contributed by atoms with E-state index in [-0.39, 0.29) is 5.91 Å². The van der Waals surface area contributed by atoms with Crippen LogP contribution in [0, 0.1) is 0 Å². The van der Waals surface area contributed by atoms with Gasteiger partial charge in [-0.2, -0.15) is 18.3 Å². The lowest BCUT2D eigenvalue weighted by atomic mass is 9.91. The van der Waals surface area contributed by atoms with Crippen molar-refractivity contribution < 1.29 is 33.0 Å². The van der Waals surface area contributed by atoms with E-state index in [1.165, 1.54) is 0 Å². The summed E-state index contributed by atoms with van der Waals surface area (Å²) < 4.78 is 31.7. The van der Waals surface area contributed by atoms with Crippen LogP contribution in [0.15, 0.2) is 6.20 Å². The third-order valence-electron chi connectivity index (χ3n) is 4.16. The second-order valence-corrected chi connectivity index (χ2v) is 6.25. The van der Waals surface area contributed by atoms with E-state index < -0.39 is 17.7 Å². The van der Waals surface area contributed by atoms with Gasteiger partial charge in [-0.3, -0.25) is 9.89 Å². The van der Waals surface area contributed by atoms with Crippen molar-refractivity contribution in [1.82, 2.24) is 20.4 Å². The zero-order valence-electron chi connectivity index (χ0n) is 14.0. The molecule has 3 heterocycles. The van der Waals surface area contributed by atoms with Crippen LogP contribution in [0.4, 0.5) is 19.0 Å². The maximum absolute atomic E-state index is 12.4. The number of β-amino-alcohol motifs (C(OH)–C–C–N with tert-alkyl or cyclic N) is 1. The molecule has 1 aromatic heterocycles. The Labute approximate surface area is 146 Å². The van der Waals surface area contributed by atoms with Crippen molar-refractivity contribution >= 4 is 17.7 Å². The average Bonchev–Trinajstić information content (AvgIpc) is 3.03. The lowest BCUT2D eigenvalue weighted by molar-refractivity contribution is -0.192. The normalized spacial score (nSPS) is 19.5. The first-order valence-corrected chi connectivity index (χ1v) is 7.80. The number of piperidine rings is 1. The molecule has 2 aliphatic heterocycles. The summed E-state index contributed by atoms with van der Waals surface area (Å²) in [4.78, 5) is 24.9. The van der Waals surface area contributed by atoms with E-state index in [1.807, 2.05) is 11.9 Å². The van der Waals surface area contributed by atoms with Crippen LogP contribution in [-0.2, 0) is 4.79 Å². The third-order valence-corrected chi connectivity index (χ3v) is 4.16. The Kier molecular flexibility index (Phi) is 5.76. The number of fused-ring (bicyclic) bond motifs is 1. The van der Waals surface area contributed by atoms with Crippen LogP contribution in [0.2, 0.25) is 0 Å². The standard InChI is InChI=1S/C12H19N5O2.C2HF3O2/c1-16-8-17(7-12(19)2-4-13-5-3-12)11(18)9-6-14-15-10(9)16;3-2(4,5)1(6)7/h6,13,19H,2-5,7-8H2,1H3,(H,14,15);(H,6,7). The number of carboxylic acids is 1. The molecule has 1 aromatic rings. The Balaban J connectivity index is 0.000000298. The Morgan fingerprint density at radius 3 is 2.50 bits per heavy atom. The van der Waals surface area contributed by atoms with Gasteiger partial charge >= 0.3 is 12.1 Å². The summed E-state index contributed by atoms with van der Waals surface area (Å²) in [6.45, 7) is 2.45. The van der Waals surface area contributed by atoms with Gasteiger partial charge in [-0.05, 0) is 25.9 Å². The number of anilines is 1. The Hall–Kier alpha value is -2.34. The number of nitrogens with zero attached hydrogens (tertiary/aromatic N) is 3. The molecule has 0 aliphatic carbocycles. The van der Waals surface area contributed by atoms with Gasteiger partial charge in [0, 0.05) is 7.05 Å². The summed E-state index contributed by atoms with van der Waals surface area (Å²) in [7, 11) is 1.91. The first-order valence-electron chi connectivity index (χ1n) is 7.80. The largest absolute Gasteiger partial charge is 0.490 e. The molecule has 2 aliphatic rings. The van der Waals surface area contributed by atoms with Crippen LogP contribution in [0.25, 0.3) is 0 Å². The molecule has 1 fully saturated rings. The van der Waals surface area contributed by atoms with Gasteiger partial charge in [-0.1, -0.05) is 0 Å². The van der Waals surface area contributed by atoms with Crippen molar-refractivity contribution in [2.75, 3.05) is 38.3 Å². The van der Waals surface area contributed by atoms with Gasteiger partial charge in [0.15, 0.2) is 0 Å². The number of hydrogen-bond donors (Lipinski definition) is 4. The van der Waals surface area contributed by atoms with Crippen molar-refractivity contribution in [3.63, 3.8) is 0 Å². The van der Waals surface area contributed by atoms with Crippen LogP contribution in [0.1, 0.15) is 23.2 Å². The van der Waals surface area contributed by atoms with Gasteiger partial charge in [0.25, 0.3) is 5.91 Å². The number of aromatic nitrogens is 2. The number of aromatic amines is 1. The molecule has 0 radical (unpaired) electrons. The lowest BCUT2D eigenvalue weighted by Crippen LogP contribution is -2.54. The summed E-state index contributed by atoms with van der Waals surface area (Å²) in [5, 5.41) is 27.6. The van der Waals surface area contributed by atoms with Crippen LogP contribution in [-0.4, -0.2) is 82.3 Å². The topological polar surface area (TPSA) is 122 Å². The maximum Gasteiger partial charge on any atom is 0.490 e. The SMILES string of the molecule is CN1CN(CC2(O)CCNCC2)C(=O)c2cn[nH]c21.O=C(O)C(F)(F)F. The molecule has 9 nitrogen and oxygen atoms in total. The number of hydrogen-bond acceptors (Lipinski definition) is 6. The number of rotatable bonds is 2. The quantitative estimate of drug-likeness (QED) is 0.571. The minimum atomic E-state index is -5.08. The second-order valence-electron chi connectivity index (χ2n) is 6.25. The van der Waals surface area contributed by atoms with Crippen molar-refractivity contribution in [2.24, 2.45) is 0 Å². The summed E-state index contributed by atoms with van der Waals surface area (Å²) >= 11 is 0. The van der Waals surface area contributed by atoms with Gasteiger partial charge in [0.05, 0.1) is 25.0 Å². The predicted molar refractivity (Wildman–Crippen MR) is 83.6 cm³/mol. The molecule has 146 valence electrons. The Morgan fingerprint density at radius 2 is 1.96 bits per heavy atom. The number of carbonyl (C=O) groups excluding carboxylic acids is 1. The van der Waals surface area contributed by atoms with E-state index in [0.717, 1.165) is 18.9 Å². The molecule has 1 amide bonds. The molecular weight excluding hydrogens is 359 g/mol. The van der Waals surface area contributed by atoms with Crippen LogP contribution in [0.5, 0.6) is 0 Å². The second kappa shape index (κ2) is 7.50. The minimum Gasteiger partial charge on any atom is -0.475 e. The first-order chi connectivity index (χ1) is 12.0. The minimum absolute atomic E-state index is 0.0613. The van der Waals surface area contributed by atoms with E-state index in [1.54, 1.807) is 11.1 Å². The molecule has 26 heavy (non-hydrogen) atoms. The van der Waals surface area contributed by atoms with Gasteiger partial charge in [-0.25, -0.2) is 4.79 Å². The molecule has 0 aromatic carbocycles. The summed E-state index contributed by atoms with van der Waals surface area (Å²) in [6.07, 6.45) is -2.18. The lowest BCUT2D eigenvalue weighted by Gasteiger charge is -2.40. The number of aliphatic carboxylic acids is 1. The van der Waals surface area contributed by atoms with Crippen LogP contribution >= 0.6 is 0 Å². The van der Waals surface area contributed by atoms with E-state index in [9.17, 15) is 23.1 Å². The highest BCUT2D eigenvalue weighted by atomic mass is 19.4. The smallest absolute Gasteiger partial charge is 0.475 e. The zero-order chi connectivity index (χ0) is 19.5. The molecule has 0 unspecified atom stereocenters. The Bertz CT molecular complexity index is 657. The van der Waals surface area contributed by atoms with Crippen molar-refractivity contribution in [1.29, 1.82) is 0 Å². The summed E-state index contributed by atoms with van der Waals surface area (Å²) in [5.41, 5.74) is -0.200. The molecule has 4 N–H and O–H groups in total. The number of nitrogens with one attached hydrogen (secondary N) is 2. The van der Waals surface area contributed by atoms with Crippen LogP contribution < -0.4 is 10.2 Å². The third kappa shape index (κ3) is 4.64. The number of amides is 1. The van der Waals surface area contributed by atoms with E-state index in [2.05, 4.69) is 15.5 Å². The summed E-state index contributed by atoms with van der Waals surface area (Å²) in [6, 6.07) is 0. The molecule has 0 spiro atoms. The van der Waals surface area contributed by atoms with Crippen molar-refractivity contribution in [3.05, 3.63) is 11.8 Å². The number of carboxylic acid groups (broad SMARTS) is 1. The van der Waals surface area contributed by atoms with Crippen LogP contribution in [0.3, 0.4) is 0 Å². The maximum atomic E-state index is 12.4. The monoisotopic (exact) mass is 379 g/mol. The molecule has 0 atom stereocenters. The number of carbonyl (C=O) groups is 2. The average molecular weight is 379 g/mol. The number of halogens is 3. The fraction of sp³-hybridized carbons (Fsp3) is 0.643. The predicted octanol–water partition coefficient (Wildman–Crippen LogP) is 0.00700. The fourth-order valence-electron chi connectivity index (χ4n) is 2.82. The highest BCUT2D eigenvalue weighted by Gasteiger charge is 2.38.